The molecule has 4 nitrogen and oxygen atoms in total. The van der Waals surface area contributed by atoms with Crippen molar-refractivity contribution >= 4 is 5.88 Å². The number of nitrogens with zero attached hydrogens (tertiary/aromatic N) is 2. The van der Waals surface area contributed by atoms with Crippen molar-refractivity contribution in [3.8, 4) is 6.07 Å². The molecule has 2 N–H and O–H groups in total. The molecule has 0 fully saturated rings. The van der Waals surface area contributed by atoms with E-state index in [-0.39, 0.29) is 11.6 Å². The SMILES string of the molecule is CCc1nc(C#N)c(N)o1. The minimum atomic E-state index is 0.111. The zero-order chi connectivity index (χ0) is 7.56. The molecule has 10 heavy (non-hydrogen) atoms. The summed E-state index contributed by atoms with van der Waals surface area (Å²) in [7, 11) is 0. The van der Waals surface area contributed by atoms with Crippen LogP contribution in [0.4, 0.5) is 5.88 Å². The molecule has 4 heteroatoms. The second-order valence-corrected chi connectivity index (χ2v) is 1.79. The summed E-state index contributed by atoms with van der Waals surface area (Å²) in [4.78, 5) is 3.79. The molecule has 52 valence electrons. The van der Waals surface area contributed by atoms with Crippen LogP contribution in [0.25, 0.3) is 0 Å². The molecule has 0 radical (unpaired) electrons. The quantitative estimate of drug-likeness (QED) is 0.617. The fourth-order valence-corrected chi connectivity index (χ4v) is 0.609. The number of aromatic nitrogens is 1. The maximum absolute atomic E-state index is 8.37. The lowest BCUT2D eigenvalue weighted by Crippen LogP contribution is -1.84. The van der Waals surface area contributed by atoms with Gasteiger partial charge in [-0.3, -0.25) is 0 Å². The van der Waals surface area contributed by atoms with Gasteiger partial charge in [-0.1, -0.05) is 6.92 Å². The third-order valence-electron chi connectivity index (χ3n) is 1.11. The first-order chi connectivity index (χ1) is 4.77. The fraction of sp³-hybridized carbons (Fsp3) is 0.333. The smallest absolute Gasteiger partial charge is 0.229 e. The highest BCUT2D eigenvalue weighted by Crippen LogP contribution is 2.11. The minimum Gasteiger partial charge on any atom is -0.424 e. The highest BCUT2D eigenvalue weighted by molar-refractivity contribution is 5.40. The van der Waals surface area contributed by atoms with E-state index >= 15 is 0 Å². The van der Waals surface area contributed by atoms with Crippen LogP contribution in [-0.4, -0.2) is 4.98 Å². The van der Waals surface area contributed by atoms with Gasteiger partial charge in [0.2, 0.25) is 11.6 Å². The Morgan fingerprint density at radius 1 is 1.80 bits per heavy atom. The predicted octanol–water partition coefficient (Wildman–Crippen LogP) is 0.691. The zero-order valence-corrected chi connectivity index (χ0v) is 5.59. The maximum Gasteiger partial charge on any atom is 0.229 e. The summed E-state index contributed by atoms with van der Waals surface area (Å²) >= 11 is 0. The first-order valence-corrected chi connectivity index (χ1v) is 2.93. The zero-order valence-electron chi connectivity index (χ0n) is 5.59. The van der Waals surface area contributed by atoms with Crippen LogP contribution in [0.5, 0.6) is 0 Å². The third kappa shape index (κ3) is 0.935. The van der Waals surface area contributed by atoms with Gasteiger partial charge < -0.3 is 10.2 Å². The van der Waals surface area contributed by atoms with Gasteiger partial charge in [-0.15, -0.1) is 0 Å². The van der Waals surface area contributed by atoms with Crippen LogP contribution < -0.4 is 5.73 Å². The number of nitrogens with two attached hydrogens (primary N) is 1. The number of aryl methyl sites for hydroxylation is 1. The highest BCUT2D eigenvalue weighted by atomic mass is 16.4. The average Bonchev–Trinajstić information content (AvgIpc) is 2.30. The largest absolute Gasteiger partial charge is 0.424 e. The molecule has 0 atom stereocenters. The van der Waals surface area contributed by atoms with Gasteiger partial charge in [-0.2, -0.15) is 5.26 Å². The predicted molar refractivity (Wildman–Crippen MR) is 35.0 cm³/mol. The van der Waals surface area contributed by atoms with Crippen molar-refractivity contribution < 1.29 is 4.42 Å². The Hall–Kier alpha value is -1.50. The Balaban J connectivity index is 3.07. The van der Waals surface area contributed by atoms with Gasteiger partial charge in [0.25, 0.3) is 0 Å². The van der Waals surface area contributed by atoms with E-state index in [1.165, 1.54) is 0 Å². The standard InChI is InChI=1S/C6H7N3O/c1-2-5-9-4(3-7)6(8)10-5/h2,8H2,1H3. The summed E-state index contributed by atoms with van der Waals surface area (Å²) in [6.07, 6.45) is 0.659. The molecule has 0 aliphatic rings. The van der Waals surface area contributed by atoms with E-state index in [0.29, 0.717) is 12.3 Å². The number of anilines is 1. The Morgan fingerprint density at radius 3 is 2.80 bits per heavy atom. The van der Waals surface area contributed by atoms with Gasteiger partial charge in [0, 0.05) is 6.42 Å². The van der Waals surface area contributed by atoms with Crippen LogP contribution in [0, 0.1) is 11.3 Å². The molecule has 1 rings (SSSR count). The number of rotatable bonds is 1. The van der Waals surface area contributed by atoms with E-state index in [9.17, 15) is 0 Å². The second-order valence-electron chi connectivity index (χ2n) is 1.79. The van der Waals surface area contributed by atoms with Crippen LogP contribution in [0.3, 0.4) is 0 Å². The van der Waals surface area contributed by atoms with Crippen molar-refractivity contribution in [1.82, 2.24) is 4.98 Å². The lowest BCUT2D eigenvalue weighted by atomic mass is 10.5. The summed E-state index contributed by atoms with van der Waals surface area (Å²) < 4.78 is 4.90. The lowest BCUT2D eigenvalue weighted by molar-refractivity contribution is 0.518. The Morgan fingerprint density at radius 2 is 2.50 bits per heavy atom. The van der Waals surface area contributed by atoms with Gasteiger partial charge in [0.05, 0.1) is 0 Å². The van der Waals surface area contributed by atoms with E-state index in [4.69, 9.17) is 15.4 Å². The second kappa shape index (κ2) is 2.40. The van der Waals surface area contributed by atoms with E-state index in [0.717, 1.165) is 0 Å². The molecular weight excluding hydrogens is 130 g/mol. The molecule has 0 aliphatic heterocycles. The molecule has 0 saturated heterocycles. The van der Waals surface area contributed by atoms with Gasteiger partial charge in [-0.05, 0) is 0 Å². The molecule has 0 amide bonds. The van der Waals surface area contributed by atoms with Gasteiger partial charge >= 0.3 is 0 Å². The molecule has 1 aromatic rings. The molecule has 0 saturated carbocycles. The van der Waals surface area contributed by atoms with E-state index in [1.54, 1.807) is 0 Å². The monoisotopic (exact) mass is 137 g/mol. The molecule has 1 aromatic heterocycles. The molecule has 0 bridgehead atoms. The van der Waals surface area contributed by atoms with Crippen molar-refractivity contribution in [1.29, 1.82) is 5.26 Å². The van der Waals surface area contributed by atoms with Gasteiger partial charge in [-0.25, -0.2) is 4.98 Å². The van der Waals surface area contributed by atoms with E-state index in [2.05, 4.69) is 4.98 Å². The normalized spacial score (nSPS) is 9.20. The lowest BCUT2D eigenvalue weighted by Gasteiger charge is -1.80. The summed E-state index contributed by atoms with van der Waals surface area (Å²) in [5.41, 5.74) is 5.45. The summed E-state index contributed by atoms with van der Waals surface area (Å²) in [6, 6.07) is 1.82. The Labute approximate surface area is 58.3 Å². The molecule has 0 aliphatic carbocycles. The fourth-order valence-electron chi connectivity index (χ4n) is 0.609. The molecule has 0 spiro atoms. The van der Waals surface area contributed by atoms with Crippen molar-refractivity contribution in [2.75, 3.05) is 5.73 Å². The Bertz CT molecular complexity index is 271. The molecule has 0 unspecified atom stereocenters. The van der Waals surface area contributed by atoms with Crippen LogP contribution in [0.2, 0.25) is 0 Å². The van der Waals surface area contributed by atoms with Crippen LogP contribution in [0.15, 0.2) is 4.42 Å². The maximum atomic E-state index is 8.37. The topological polar surface area (TPSA) is 75.8 Å². The van der Waals surface area contributed by atoms with Gasteiger partial charge in [0.1, 0.15) is 6.07 Å². The molecular formula is C6H7N3O. The highest BCUT2D eigenvalue weighted by Gasteiger charge is 2.06. The van der Waals surface area contributed by atoms with E-state index < -0.39 is 0 Å². The average molecular weight is 137 g/mol. The van der Waals surface area contributed by atoms with Crippen LogP contribution in [-0.2, 0) is 6.42 Å². The molecule has 1 heterocycles. The van der Waals surface area contributed by atoms with Crippen LogP contribution >= 0.6 is 0 Å². The van der Waals surface area contributed by atoms with Crippen molar-refractivity contribution in [2.24, 2.45) is 0 Å². The minimum absolute atomic E-state index is 0.111. The summed E-state index contributed by atoms with van der Waals surface area (Å²) in [6.45, 7) is 1.88. The first kappa shape index (κ1) is 6.62. The molecule has 0 aromatic carbocycles. The number of hydrogen-bond acceptors (Lipinski definition) is 4. The number of hydrogen-bond donors (Lipinski definition) is 1. The van der Waals surface area contributed by atoms with Crippen LogP contribution in [0.1, 0.15) is 18.5 Å². The first-order valence-electron chi connectivity index (χ1n) is 2.93. The van der Waals surface area contributed by atoms with Crippen molar-refractivity contribution in [3.63, 3.8) is 0 Å². The summed E-state index contributed by atoms with van der Waals surface area (Å²) in [5.74, 6) is 0.619. The summed E-state index contributed by atoms with van der Waals surface area (Å²) in [5, 5.41) is 8.37. The number of oxazole rings is 1. The number of nitrogen functional groups attached to an aromatic ring is 1. The van der Waals surface area contributed by atoms with E-state index in [1.807, 2.05) is 13.0 Å². The van der Waals surface area contributed by atoms with Gasteiger partial charge in [0.15, 0.2) is 5.89 Å². The third-order valence-corrected chi connectivity index (χ3v) is 1.11. The van der Waals surface area contributed by atoms with Crippen molar-refractivity contribution in [2.45, 2.75) is 13.3 Å². The van der Waals surface area contributed by atoms with Crippen molar-refractivity contribution in [3.05, 3.63) is 11.6 Å². The Kier molecular flexibility index (Phi) is 1.59. The number of nitriles is 1.